The van der Waals surface area contributed by atoms with Gasteiger partial charge in [-0.25, -0.2) is 0 Å². The van der Waals surface area contributed by atoms with Gasteiger partial charge in [-0.3, -0.25) is 0 Å². The third-order valence-electron chi connectivity index (χ3n) is 11.8. The average Bonchev–Trinajstić information content (AvgIpc) is 3.32. The molecule has 0 aliphatic heterocycles. The van der Waals surface area contributed by atoms with Gasteiger partial charge < -0.3 is 4.90 Å². The first kappa shape index (κ1) is 34.5. The lowest BCUT2D eigenvalue weighted by molar-refractivity contribution is 1.28. The van der Waals surface area contributed by atoms with Gasteiger partial charge in [0.25, 0.3) is 0 Å². The molecule has 11 aromatic rings. The van der Waals surface area contributed by atoms with Crippen LogP contribution in [0.15, 0.2) is 237 Å². The summed E-state index contributed by atoms with van der Waals surface area (Å²) in [5, 5.41) is 10.1. The molecule has 11 rings (SSSR count). The van der Waals surface area contributed by atoms with E-state index in [-0.39, 0.29) is 0 Å². The molecule has 1 heteroatoms. The van der Waals surface area contributed by atoms with Gasteiger partial charge in [0.2, 0.25) is 0 Å². The Balaban J connectivity index is 1.13. The van der Waals surface area contributed by atoms with Crippen LogP contribution in [0, 0.1) is 0 Å². The molecular formula is C58H39N. The van der Waals surface area contributed by atoms with Gasteiger partial charge >= 0.3 is 0 Å². The Labute approximate surface area is 344 Å². The minimum absolute atomic E-state index is 1.09. The highest BCUT2D eigenvalue weighted by molar-refractivity contribution is 6.14. The molecule has 0 saturated heterocycles. The highest BCUT2D eigenvalue weighted by Gasteiger charge is 2.18. The number of hydrogen-bond acceptors (Lipinski definition) is 1. The van der Waals surface area contributed by atoms with E-state index in [1.165, 1.54) is 87.6 Å². The van der Waals surface area contributed by atoms with E-state index in [1.807, 2.05) is 0 Å². The lowest BCUT2D eigenvalue weighted by atomic mass is 9.93. The summed E-state index contributed by atoms with van der Waals surface area (Å²) >= 11 is 0. The summed E-state index contributed by atoms with van der Waals surface area (Å²) in [4.78, 5) is 2.44. The van der Waals surface area contributed by atoms with Gasteiger partial charge in [-0.15, -0.1) is 0 Å². The summed E-state index contributed by atoms with van der Waals surface area (Å²) in [5.74, 6) is 0. The maximum absolute atomic E-state index is 2.44. The molecule has 0 fully saturated rings. The molecule has 0 aromatic heterocycles. The Hall–Kier alpha value is -7.74. The SMILES string of the molecule is c1ccc(-c2cc(-c3ccccc3)cc(N(c3cccc(-c4ccc5ccc6ccccc6c5c4)c3)c3cccc(-c4cc5ccccc5c5ccccc45)c3)c2)cc1. The summed E-state index contributed by atoms with van der Waals surface area (Å²) in [5.41, 5.74) is 12.7. The maximum atomic E-state index is 2.44. The molecule has 0 aliphatic rings. The highest BCUT2D eigenvalue weighted by atomic mass is 15.1. The zero-order valence-electron chi connectivity index (χ0n) is 32.5. The molecule has 0 N–H and O–H groups in total. The van der Waals surface area contributed by atoms with Crippen LogP contribution >= 0.6 is 0 Å². The van der Waals surface area contributed by atoms with E-state index in [0.29, 0.717) is 0 Å². The van der Waals surface area contributed by atoms with E-state index in [0.717, 1.165) is 17.1 Å². The molecule has 0 unspecified atom stereocenters. The number of nitrogens with zero attached hydrogens (tertiary/aromatic N) is 1. The van der Waals surface area contributed by atoms with Crippen molar-refractivity contribution in [1.29, 1.82) is 0 Å². The van der Waals surface area contributed by atoms with E-state index in [9.17, 15) is 0 Å². The number of rotatable bonds is 7. The molecule has 1 nitrogen and oxygen atoms in total. The fourth-order valence-corrected chi connectivity index (χ4v) is 8.89. The van der Waals surface area contributed by atoms with Crippen LogP contribution < -0.4 is 4.90 Å². The molecule has 11 aromatic carbocycles. The molecule has 0 spiro atoms. The van der Waals surface area contributed by atoms with Crippen molar-refractivity contribution in [3.05, 3.63) is 237 Å². The topological polar surface area (TPSA) is 3.24 Å². The third-order valence-corrected chi connectivity index (χ3v) is 11.8. The number of benzene rings is 11. The van der Waals surface area contributed by atoms with Gasteiger partial charge in [-0.1, -0.05) is 182 Å². The van der Waals surface area contributed by atoms with E-state index >= 15 is 0 Å². The Kier molecular flexibility index (Phi) is 8.56. The summed E-state index contributed by atoms with van der Waals surface area (Å²) in [6, 6.07) is 86.5. The van der Waals surface area contributed by atoms with E-state index < -0.39 is 0 Å². The fourth-order valence-electron chi connectivity index (χ4n) is 8.89. The molecule has 276 valence electrons. The van der Waals surface area contributed by atoms with Crippen LogP contribution in [0.25, 0.3) is 87.6 Å². The lowest BCUT2D eigenvalue weighted by Gasteiger charge is -2.28. The normalized spacial score (nSPS) is 11.4. The first-order valence-electron chi connectivity index (χ1n) is 20.3. The third kappa shape index (κ3) is 6.40. The molecule has 0 heterocycles. The molecule has 0 aliphatic carbocycles. The number of anilines is 3. The van der Waals surface area contributed by atoms with Gasteiger partial charge in [-0.2, -0.15) is 0 Å². The number of hydrogen-bond donors (Lipinski definition) is 0. The molecule has 0 radical (unpaired) electrons. The summed E-state index contributed by atoms with van der Waals surface area (Å²) < 4.78 is 0. The largest absolute Gasteiger partial charge is 0.310 e. The van der Waals surface area contributed by atoms with E-state index in [4.69, 9.17) is 0 Å². The highest BCUT2D eigenvalue weighted by Crippen LogP contribution is 2.43. The summed E-state index contributed by atoms with van der Waals surface area (Å²) in [7, 11) is 0. The van der Waals surface area contributed by atoms with Crippen molar-refractivity contribution in [2.45, 2.75) is 0 Å². The van der Waals surface area contributed by atoms with Crippen molar-refractivity contribution >= 4 is 60.2 Å². The zero-order valence-corrected chi connectivity index (χ0v) is 32.5. The Morgan fingerprint density at radius 2 is 0.661 bits per heavy atom. The first-order chi connectivity index (χ1) is 29.2. The Bertz CT molecular complexity index is 3270. The maximum Gasteiger partial charge on any atom is 0.0473 e. The zero-order chi connectivity index (χ0) is 39.1. The van der Waals surface area contributed by atoms with Crippen LogP contribution in [-0.4, -0.2) is 0 Å². The quantitative estimate of drug-likeness (QED) is 0.147. The van der Waals surface area contributed by atoms with Crippen LogP contribution in [0.3, 0.4) is 0 Å². The van der Waals surface area contributed by atoms with Crippen LogP contribution in [0.5, 0.6) is 0 Å². The fraction of sp³-hybridized carbons (Fsp3) is 0. The van der Waals surface area contributed by atoms with Gasteiger partial charge in [0.1, 0.15) is 0 Å². The molecule has 0 amide bonds. The van der Waals surface area contributed by atoms with Gasteiger partial charge in [0, 0.05) is 17.1 Å². The first-order valence-corrected chi connectivity index (χ1v) is 20.3. The molecule has 0 saturated carbocycles. The minimum Gasteiger partial charge on any atom is -0.310 e. The minimum atomic E-state index is 1.09. The Morgan fingerprint density at radius 1 is 0.203 bits per heavy atom. The molecule has 59 heavy (non-hydrogen) atoms. The molecule has 0 atom stereocenters. The van der Waals surface area contributed by atoms with E-state index in [1.54, 1.807) is 0 Å². The van der Waals surface area contributed by atoms with Crippen LogP contribution in [0.1, 0.15) is 0 Å². The van der Waals surface area contributed by atoms with Gasteiger partial charge in [0.15, 0.2) is 0 Å². The predicted molar refractivity (Wildman–Crippen MR) is 253 cm³/mol. The van der Waals surface area contributed by atoms with Gasteiger partial charge in [-0.05, 0) is 142 Å². The van der Waals surface area contributed by atoms with Crippen molar-refractivity contribution in [3.63, 3.8) is 0 Å². The average molecular weight is 750 g/mol. The predicted octanol–water partition coefficient (Wildman–Crippen LogP) is 16.4. The number of fused-ring (bicyclic) bond motifs is 6. The summed E-state index contributed by atoms with van der Waals surface area (Å²) in [6.07, 6.45) is 0. The van der Waals surface area contributed by atoms with Crippen LogP contribution in [0.2, 0.25) is 0 Å². The second-order valence-electron chi connectivity index (χ2n) is 15.4. The molecular weight excluding hydrogens is 711 g/mol. The van der Waals surface area contributed by atoms with E-state index in [2.05, 4.69) is 241 Å². The monoisotopic (exact) mass is 749 g/mol. The Morgan fingerprint density at radius 3 is 1.34 bits per heavy atom. The second kappa shape index (κ2) is 14.6. The summed E-state index contributed by atoms with van der Waals surface area (Å²) in [6.45, 7) is 0. The van der Waals surface area contributed by atoms with Crippen molar-refractivity contribution in [3.8, 4) is 44.5 Å². The smallest absolute Gasteiger partial charge is 0.0473 e. The van der Waals surface area contributed by atoms with Gasteiger partial charge in [0.05, 0.1) is 0 Å². The standard InChI is InChI=1S/C58H39N/c1-3-15-40(16-4-1)48-33-49(41-17-5-2-6-18-41)37-52(36-48)59(50-23-13-21-44(34-50)45-32-31-43-30-29-42-19-7-9-25-53(42)57(43)38-45)51-24-14-22-46(35-51)58-39-47-20-8-10-26-54(47)55-27-11-12-28-56(55)58/h1-39H. The van der Waals surface area contributed by atoms with Crippen molar-refractivity contribution in [2.24, 2.45) is 0 Å². The van der Waals surface area contributed by atoms with Crippen molar-refractivity contribution in [2.75, 3.05) is 4.90 Å². The molecule has 0 bridgehead atoms. The van der Waals surface area contributed by atoms with Crippen LogP contribution in [0.4, 0.5) is 17.1 Å². The lowest BCUT2D eigenvalue weighted by Crippen LogP contribution is -2.10. The van der Waals surface area contributed by atoms with Crippen molar-refractivity contribution < 1.29 is 0 Å². The van der Waals surface area contributed by atoms with Crippen molar-refractivity contribution in [1.82, 2.24) is 0 Å². The second-order valence-corrected chi connectivity index (χ2v) is 15.4. The van der Waals surface area contributed by atoms with Crippen LogP contribution in [-0.2, 0) is 0 Å².